The summed E-state index contributed by atoms with van der Waals surface area (Å²) >= 11 is 7.21. The molecule has 0 aliphatic rings. The number of nitrogens with zero attached hydrogens (tertiary/aromatic N) is 2. The molecule has 0 aliphatic heterocycles. The SMILES string of the molecule is O=C(CSc1ccc(Cl)cn1)N(Cc1ccco1)c1ccccc1. The molecule has 6 heteroatoms. The van der Waals surface area contributed by atoms with Crippen molar-refractivity contribution in [2.45, 2.75) is 11.6 Å². The van der Waals surface area contributed by atoms with Crippen molar-refractivity contribution < 1.29 is 9.21 Å². The second-order valence-corrected chi connectivity index (χ2v) is 6.43. The summed E-state index contributed by atoms with van der Waals surface area (Å²) in [6.45, 7) is 0.393. The molecule has 0 bridgehead atoms. The Bertz CT molecular complexity index is 777. The predicted octanol–water partition coefficient (Wildman–Crippen LogP) is 4.65. The van der Waals surface area contributed by atoms with E-state index in [1.54, 1.807) is 29.5 Å². The zero-order chi connectivity index (χ0) is 16.8. The molecule has 0 unspecified atom stereocenters. The molecule has 122 valence electrons. The van der Waals surface area contributed by atoms with E-state index in [2.05, 4.69) is 4.98 Å². The van der Waals surface area contributed by atoms with Crippen molar-refractivity contribution in [3.8, 4) is 0 Å². The molecule has 3 aromatic rings. The smallest absolute Gasteiger partial charge is 0.237 e. The van der Waals surface area contributed by atoms with E-state index in [0.717, 1.165) is 16.5 Å². The largest absolute Gasteiger partial charge is 0.467 e. The summed E-state index contributed by atoms with van der Waals surface area (Å²) in [6.07, 6.45) is 3.18. The summed E-state index contributed by atoms with van der Waals surface area (Å²) in [5.74, 6) is 1.01. The first-order valence-corrected chi connectivity index (χ1v) is 8.71. The van der Waals surface area contributed by atoms with Crippen molar-refractivity contribution in [1.29, 1.82) is 0 Å². The lowest BCUT2D eigenvalue weighted by molar-refractivity contribution is -0.116. The Balaban J connectivity index is 1.72. The molecule has 0 radical (unpaired) electrons. The number of carbonyl (C=O) groups excluding carboxylic acids is 1. The number of amides is 1. The van der Waals surface area contributed by atoms with E-state index in [0.29, 0.717) is 11.6 Å². The number of hydrogen-bond donors (Lipinski definition) is 0. The average Bonchev–Trinajstić information content (AvgIpc) is 3.13. The van der Waals surface area contributed by atoms with Crippen LogP contribution in [0.1, 0.15) is 5.76 Å². The molecule has 4 nitrogen and oxygen atoms in total. The minimum absolute atomic E-state index is 0.0145. The third-order valence-electron chi connectivity index (χ3n) is 3.31. The highest BCUT2D eigenvalue weighted by Crippen LogP contribution is 2.22. The van der Waals surface area contributed by atoms with E-state index in [4.69, 9.17) is 16.0 Å². The van der Waals surface area contributed by atoms with Crippen LogP contribution in [0.3, 0.4) is 0 Å². The fourth-order valence-electron chi connectivity index (χ4n) is 2.15. The normalized spacial score (nSPS) is 10.5. The van der Waals surface area contributed by atoms with Gasteiger partial charge in [-0.05, 0) is 36.4 Å². The van der Waals surface area contributed by atoms with Crippen LogP contribution in [0.4, 0.5) is 5.69 Å². The predicted molar refractivity (Wildman–Crippen MR) is 96.3 cm³/mol. The Labute approximate surface area is 149 Å². The number of para-hydroxylation sites is 1. The molecule has 0 fully saturated rings. The lowest BCUT2D eigenvalue weighted by atomic mass is 10.2. The monoisotopic (exact) mass is 358 g/mol. The van der Waals surface area contributed by atoms with Gasteiger partial charge in [-0.2, -0.15) is 0 Å². The summed E-state index contributed by atoms with van der Waals surface area (Å²) in [6, 6.07) is 16.8. The molecular formula is C18H15ClN2O2S. The zero-order valence-corrected chi connectivity index (χ0v) is 14.3. The van der Waals surface area contributed by atoms with Gasteiger partial charge in [0.05, 0.1) is 28.6 Å². The number of hydrogen-bond acceptors (Lipinski definition) is 4. The van der Waals surface area contributed by atoms with Gasteiger partial charge in [0, 0.05) is 11.9 Å². The van der Waals surface area contributed by atoms with Gasteiger partial charge >= 0.3 is 0 Å². The van der Waals surface area contributed by atoms with Crippen LogP contribution < -0.4 is 4.90 Å². The first kappa shape index (κ1) is 16.6. The molecule has 1 aromatic carbocycles. The molecule has 0 aliphatic carbocycles. The van der Waals surface area contributed by atoms with Crippen molar-refractivity contribution in [2.24, 2.45) is 0 Å². The second kappa shape index (κ2) is 8.04. The van der Waals surface area contributed by atoms with Crippen LogP contribution in [0.25, 0.3) is 0 Å². The highest BCUT2D eigenvalue weighted by molar-refractivity contribution is 7.99. The van der Waals surface area contributed by atoms with Crippen molar-refractivity contribution in [3.05, 3.63) is 77.8 Å². The van der Waals surface area contributed by atoms with Crippen molar-refractivity contribution in [2.75, 3.05) is 10.7 Å². The maximum atomic E-state index is 12.7. The van der Waals surface area contributed by atoms with Gasteiger partial charge in [-0.25, -0.2) is 4.98 Å². The number of aromatic nitrogens is 1. The molecule has 3 rings (SSSR count). The van der Waals surface area contributed by atoms with Gasteiger partial charge in [-0.15, -0.1) is 0 Å². The van der Waals surface area contributed by atoms with Crippen LogP contribution in [-0.4, -0.2) is 16.6 Å². The topological polar surface area (TPSA) is 46.3 Å². The van der Waals surface area contributed by atoms with Crippen molar-refractivity contribution in [3.63, 3.8) is 0 Å². The maximum Gasteiger partial charge on any atom is 0.237 e. The van der Waals surface area contributed by atoms with E-state index in [9.17, 15) is 4.79 Å². The van der Waals surface area contributed by atoms with E-state index in [1.165, 1.54) is 11.8 Å². The van der Waals surface area contributed by atoms with E-state index in [-0.39, 0.29) is 11.7 Å². The number of pyridine rings is 1. The van der Waals surface area contributed by atoms with Crippen LogP contribution in [0.5, 0.6) is 0 Å². The number of furan rings is 1. The minimum Gasteiger partial charge on any atom is -0.467 e. The number of carbonyl (C=O) groups is 1. The number of benzene rings is 1. The quantitative estimate of drug-likeness (QED) is 0.601. The second-order valence-electron chi connectivity index (χ2n) is 5.00. The molecule has 0 N–H and O–H groups in total. The number of rotatable bonds is 6. The van der Waals surface area contributed by atoms with E-state index >= 15 is 0 Å². The highest BCUT2D eigenvalue weighted by Gasteiger charge is 2.17. The van der Waals surface area contributed by atoms with Gasteiger partial charge in [0.1, 0.15) is 5.76 Å². The Hall–Kier alpha value is -2.24. The zero-order valence-electron chi connectivity index (χ0n) is 12.8. The lowest BCUT2D eigenvalue weighted by Crippen LogP contribution is -2.31. The van der Waals surface area contributed by atoms with Gasteiger partial charge in [-0.1, -0.05) is 41.6 Å². The molecule has 0 saturated carbocycles. The van der Waals surface area contributed by atoms with Crippen LogP contribution in [0.2, 0.25) is 5.02 Å². The Morgan fingerprint density at radius 1 is 1.12 bits per heavy atom. The summed E-state index contributed by atoms with van der Waals surface area (Å²) in [5, 5.41) is 1.34. The Morgan fingerprint density at radius 2 is 1.96 bits per heavy atom. The molecular weight excluding hydrogens is 344 g/mol. The van der Waals surface area contributed by atoms with Gasteiger partial charge in [-0.3, -0.25) is 4.79 Å². The average molecular weight is 359 g/mol. The summed E-state index contributed by atoms with van der Waals surface area (Å²) in [5.41, 5.74) is 0.837. The fraction of sp³-hybridized carbons (Fsp3) is 0.111. The molecule has 1 amide bonds. The van der Waals surface area contributed by atoms with Crippen LogP contribution in [0.15, 0.2) is 76.5 Å². The maximum absolute atomic E-state index is 12.7. The van der Waals surface area contributed by atoms with E-state index in [1.807, 2.05) is 42.5 Å². The molecule has 24 heavy (non-hydrogen) atoms. The molecule has 2 aromatic heterocycles. The highest BCUT2D eigenvalue weighted by atomic mass is 35.5. The summed E-state index contributed by atoms with van der Waals surface area (Å²) in [4.78, 5) is 18.6. The third kappa shape index (κ3) is 4.40. The lowest BCUT2D eigenvalue weighted by Gasteiger charge is -2.21. The number of halogens is 1. The summed E-state index contributed by atoms with van der Waals surface area (Å²) in [7, 11) is 0. The minimum atomic E-state index is -0.0145. The van der Waals surface area contributed by atoms with Gasteiger partial charge in [0.2, 0.25) is 5.91 Å². The van der Waals surface area contributed by atoms with Gasteiger partial charge < -0.3 is 9.32 Å². The Morgan fingerprint density at radius 3 is 2.62 bits per heavy atom. The van der Waals surface area contributed by atoms with Crippen LogP contribution in [0, 0.1) is 0 Å². The van der Waals surface area contributed by atoms with Gasteiger partial charge in [0.15, 0.2) is 0 Å². The van der Waals surface area contributed by atoms with Crippen molar-refractivity contribution >= 4 is 35.0 Å². The summed E-state index contributed by atoms with van der Waals surface area (Å²) < 4.78 is 5.38. The third-order valence-corrected chi connectivity index (χ3v) is 4.46. The molecule has 2 heterocycles. The van der Waals surface area contributed by atoms with Crippen LogP contribution in [-0.2, 0) is 11.3 Å². The molecule has 0 spiro atoms. The Kier molecular flexibility index (Phi) is 5.56. The molecule has 0 atom stereocenters. The standard InChI is InChI=1S/C18H15ClN2O2S/c19-14-8-9-17(20-11-14)24-13-18(22)21(12-16-7-4-10-23-16)15-5-2-1-3-6-15/h1-11H,12-13H2. The fourth-order valence-corrected chi connectivity index (χ4v) is 2.98. The van der Waals surface area contributed by atoms with Crippen LogP contribution >= 0.6 is 23.4 Å². The van der Waals surface area contributed by atoms with Gasteiger partial charge in [0.25, 0.3) is 0 Å². The number of anilines is 1. The molecule has 0 saturated heterocycles. The first-order valence-electron chi connectivity index (χ1n) is 7.34. The first-order chi connectivity index (χ1) is 11.7. The number of thioether (sulfide) groups is 1. The van der Waals surface area contributed by atoms with E-state index < -0.39 is 0 Å². The van der Waals surface area contributed by atoms with Crippen molar-refractivity contribution in [1.82, 2.24) is 4.98 Å².